The van der Waals surface area contributed by atoms with Crippen LogP contribution in [0.5, 0.6) is 0 Å². The Hall–Kier alpha value is -2.41. The van der Waals surface area contributed by atoms with Gasteiger partial charge in [-0.15, -0.1) is 11.3 Å². The monoisotopic (exact) mass is 431 g/mol. The Morgan fingerprint density at radius 2 is 1.96 bits per heavy atom. The molecule has 0 unspecified atom stereocenters. The van der Waals surface area contributed by atoms with Crippen molar-refractivity contribution in [3.8, 4) is 11.3 Å². The van der Waals surface area contributed by atoms with Crippen molar-refractivity contribution in [1.82, 2.24) is 4.98 Å². The predicted octanol–water partition coefficient (Wildman–Crippen LogP) is 5.18. The molecule has 2 N–H and O–H groups in total. The molecular formula is C20H15Cl2N3O2S. The van der Waals surface area contributed by atoms with Gasteiger partial charge >= 0.3 is 0 Å². The molecule has 1 aromatic heterocycles. The summed E-state index contributed by atoms with van der Waals surface area (Å²) in [5.74, 6) is -0.193. The number of thiazole rings is 1. The average molecular weight is 432 g/mol. The second kappa shape index (κ2) is 7.91. The standard InChI is InChI=1S/C20H15Cl2N3O2S/c21-14-2-1-3-15(22)13(14)9-19(27)25-20-24-17(10-28-20)12-4-6-16-11(8-12)5-7-18(26)23-16/h1-4,6,8,10H,5,7,9H2,(H,23,26)(H,24,25,27). The molecule has 0 radical (unpaired) electrons. The first-order valence-electron chi connectivity index (χ1n) is 8.61. The smallest absolute Gasteiger partial charge is 0.230 e. The lowest BCUT2D eigenvalue weighted by molar-refractivity contribution is -0.116. The number of hydrogen-bond donors (Lipinski definition) is 2. The van der Waals surface area contributed by atoms with Gasteiger partial charge in [-0.25, -0.2) is 4.98 Å². The minimum absolute atomic E-state index is 0.0394. The highest BCUT2D eigenvalue weighted by Gasteiger charge is 2.17. The summed E-state index contributed by atoms with van der Waals surface area (Å²) in [5.41, 5.74) is 4.25. The number of aryl methyl sites for hydroxylation is 1. The second-order valence-electron chi connectivity index (χ2n) is 6.38. The van der Waals surface area contributed by atoms with Crippen LogP contribution in [-0.2, 0) is 22.4 Å². The summed E-state index contributed by atoms with van der Waals surface area (Å²) in [5, 5.41) is 8.99. The van der Waals surface area contributed by atoms with Crippen LogP contribution in [0.1, 0.15) is 17.5 Å². The Bertz CT molecular complexity index is 1060. The number of hydrogen-bond acceptors (Lipinski definition) is 4. The average Bonchev–Trinajstić information content (AvgIpc) is 3.13. The van der Waals surface area contributed by atoms with Crippen LogP contribution in [0.4, 0.5) is 10.8 Å². The summed E-state index contributed by atoms with van der Waals surface area (Å²) in [6.07, 6.45) is 1.27. The number of benzene rings is 2. The van der Waals surface area contributed by atoms with E-state index in [9.17, 15) is 9.59 Å². The molecule has 4 rings (SSSR count). The Balaban J connectivity index is 1.47. The number of rotatable bonds is 4. The first kappa shape index (κ1) is 18.9. The molecule has 5 nitrogen and oxygen atoms in total. The number of amides is 2. The maximum absolute atomic E-state index is 12.4. The Labute approximate surface area is 175 Å². The number of halogens is 2. The highest BCUT2D eigenvalue weighted by atomic mass is 35.5. The van der Waals surface area contributed by atoms with E-state index in [1.807, 2.05) is 23.6 Å². The van der Waals surface area contributed by atoms with E-state index in [4.69, 9.17) is 23.2 Å². The summed E-state index contributed by atoms with van der Waals surface area (Å²) in [7, 11) is 0. The molecule has 1 aliphatic rings. The zero-order chi connectivity index (χ0) is 19.7. The maximum atomic E-state index is 12.4. The third kappa shape index (κ3) is 4.04. The molecule has 0 saturated heterocycles. The lowest BCUT2D eigenvalue weighted by Gasteiger charge is -2.17. The van der Waals surface area contributed by atoms with Gasteiger partial charge in [0.2, 0.25) is 11.8 Å². The van der Waals surface area contributed by atoms with Gasteiger partial charge in [0.05, 0.1) is 12.1 Å². The van der Waals surface area contributed by atoms with Gasteiger partial charge in [-0.1, -0.05) is 35.3 Å². The van der Waals surface area contributed by atoms with Crippen LogP contribution in [0.2, 0.25) is 10.0 Å². The molecule has 3 aromatic rings. The first-order chi connectivity index (χ1) is 13.5. The number of carbonyl (C=O) groups is 2. The molecule has 1 aliphatic heterocycles. The largest absolute Gasteiger partial charge is 0.326 e. The van der Waals surface area contributed by atoms with E-state index in [1.54, 1.807) is 18.2 Å². The molecule has 2 amide bonds. The zero-order valence-electron chi connectivity index (χ0n) is 14.6. The highest BCUT2D eigenvalue weighted by molar-refractivity contribution is 7.14. The van der Waals surface area contributed by atoms with Crippen molar-refractivity contribution in [3.63, 3.8) is 0 Å². The fraction of sp³-hybridized carbons (Fsp3) is 0.150. The van der Waals surface area contributed by atoms with E-state index in [2.05, 4.69) is 15.6 Å². The number of aromatic nitrogens is 1. The van der Waals surface area contributed by atoms with E-state index in [0.717, 1.165) is 22.5 Å². The highest BCUT2D eigenvalue weighted by Crippen LogP contribution is 2.31. The molecule has 0 saturated carbocycles. The minimum Gasteiger partial charge on any atom is -0.326 e. The van der Waals surface area contributed by atoms with E-state index in [1.165, 1.54) is 11.3 Å². The predicted molar refractivity (Wildman–Crippen MR) is 113 cm³/mol. The fourth-order valence-electron chi connectivity index (χ4n) is 3.03. The van der Waals surface area contributed by atoms with E-state index in [-0.39, 0.29) is 18.2 Å². The van der Waals surface area contributed by atoms with Gasteiger partial charge in [0.15, 0.2) is 5.13 Å². The molecule has 0 atom stereocenters. The number of anilines is 2. The Kier molecular flexibility index (Phi) is 5.35. The SMILES string of the molecule is O=C(Cc1c(Cl)cccc1Cl)Nc1nc(-c2ccc3c(c2)CCC(=O)N3)cs1. The van der Waals surface area contributed by atoms with Gasteiger partial charge in [0.1, 0.15) is 0 Å². The second-order valence-corrected chi connectivity index (χ2v) is 8.06. The van der Waals surface area contributed by atoms with Crippen LogP contribution in [0.15, 0.2) is 41.8 Å². The summed E-state index contributed by atoms with van der Waals surface area (Å²) in [4.78, 5) is 28.3. The summed E-state index contributed by atoms with van der Waals surface area (Å²) in [6, 6.07) is 11.0. The number of nitrogens with one attached hydrogen (secondary N) is 2. The third-order valence-electron chi connectivity index (χ3n) is 4.45. The zero-order valence-corrected chi connectivity index (χ0v) is 16.9. The van der Waals surface area contributed by atoms with Crippen LogP contribution in [0.25, 0.3) is 11.3 Å². The number of fused-ring (bicyclic) bond motifs is 1. The summed E-state index contributed by atoms with van der Waals surface area (Å²) < 4.78 is 0. The van der Waals surface area contributed by atoms with Crippen molar-refractivity contribution in [2.45, 2.75) is 19.3 Å². The molecule has 0 fully saturated rings. The lowest BCUT2D eigenvalue weighted by Crippen LogP contribution is -2.18. The van der Waals surface area contributed by atoms with E-state index >= 15 is 0 Å². The quantitative estimate of drug-likeness (QED) is 0.597. The minimum atomic E-state index is -0.232. The lowest BCUT2D eigenvalue weighted by atomic mass is 9.99. The van der Waals surface area contributed by atoms with Crippen LogP contribution in [0.3, 0.4) is 0 Å². The van der Waals surface area contributed by atoms with Crippen LogP contribution in [0, 0.1) is 0 Å². The molecule has 8 heteroatoms. The molecule has 0 bridgehead atoms. The van der Waals surface area contributed by atoms with Crippen LogP contribution in [-0.4, -0.2) is 16.8 Å². The van der Waals surface area contributed by atoms with Crippen molar-refractivity contribution in [3.05, 3.63) is 63.0 Å². The van der Waals surface area contributed by atoms with Crippen LogP contribution >= 0.6 is 34.5 Å². The van der Waals surface area contributed by atoms with Crippen molar-refractivity contribution in [2.75, 3.05) is 10.6 Å². The fourth-order valence-corrected chi connectivity index (χ4v) is 4.30. The van der Waals surface area contributed by atoms with E-state index < -0.39 is 0 Å². The molecule has 142 valence electrons. The number of nitrogens with zero attached hydrogens (tertiary/aromatic N) is 1. The van der Waals surface area contributed by atoms with Crippen LogP contribution < -0.4 is 10.6 Å². The topological polar surface area (TPSA) is 71.1 Å². The van der Waals surface area contributed by atoms with Crippen molar-refractivity contribution >= 4 is 57.2 Å². The van der Waals surface area contributed by atoms with Crippen molar-refractivity contribution in [2.24, 2.45) is 0 Å². The van der Waals surface area contributed by atoms with Gasteiger partial charge in [-0.2, -0.15) is 0 Å². The van der Waals surface area contributed by atoms with Crippen molar-refractivity contribution in [1.29, 1.82) is 0 Å². The molecule has 0 spiro atoms. The Morgan fingerprint density at radius 1 is 1.18 bits per heavy atom. The van der Waals surface area contributed by atoms with Crippen molar-refractivity contribution < 1.29 is 9.59 Å². The van der Waals surface area contributed by atoms with E-state index in [0.29, 0.717) is 33.6 Å². The molecule has 2 aromatic carbocycles. The first-order valence-corrected chi connectivity index (χ1v) is 10.2. The number of carbonyl (C=O) groups excluding carboxylic acids is 2. The van der Waals surface area contributed by atoms with Gasteiger partial charge in [-0.3, -0.25) is 9.59 Å². The third-order valence-corrected chi connectivity index (χ3v) is 5.91. The molecule has 28 heavy (non-hydrogen) atoms. The maximum Gasteiger partial charge on any atom is 0.230 e. The van der Waals surface area contributed by atoms with Gasteiger partial charge in [-0.05, 0) is 41.8 Å². The summed E-state index contributed by atoms with van der Waals surface area (Å²) >= 11 is 13.6. The molecular weight excluding hydrogens is 417 g/mol. The normalized spacial score (nSPS) is 13.0. The molecule has 2 heterocycles. The van der Waals surface area contributed by atoms with Gasteiger partial charge in [0.25, 0.3) is 0 Å². The van der Waals surface area contributed by atoms with Gasteiger partial charge in [0, 0.05) is 33.1 Å². The Morgan fingerprint density at radius 3 is 2.75 bits per heavy atom. The molecule has 0 aliphatic carbocycles. The summed E-state index contributed by atoms with van der Waals surface area (Å²) in [6.45, 7) is 0. The van der Waals surface area contributed by atoms with Gasteiger partial charge < -0.3 is 10.6 Å².